The van der Waals surface area contributed by atoms with E-state index in [2.05, 4.69) is 36.6 Å². The fourth-order valence-electron chi connectivity index (χ4n) is 2.78. The second kappa shape index (κ2) is 6.71. The van der Waals surface area contributed by atoms with Gasteiger partial charge in [0, 0.05) is 12.1 Å². The molecule has 1 unspecified atom stereocenters. The van der Waals surface area contributed by atoms with Crippen molar-refractivity contribution in [3.8, 4) is 0 Å². The second-order valence-corrected chi connectivity index (χ2v) is 5.51. The number of benzene rings is 1. The number of aryl methyl sites for hydroxylation is 1. The van der Waals surface area contributed by atoms with Crippen LogP contribution in [0, 0.1) is 6.92 Å². The number of carbonyl (C=O) groups is 1. The summed E-state index contributed by atoms with van der Waals surface area (Å²) in [5.41, 5.74) is 2.52. The maximum atomic E-state index is 11.8. The maximum absolute atomic E-state index is 11.8. The lowest BCUT2D eigenvalue weighted by Gasteiger charge is -2.17. The highest BCUT2D eigenvalue weighted by molar-refractivity contribution is 5.78. The van der Waals surface area contributed by atoms with Gasteiger partial charge in [0.15, 0.2) is 0 Å². The summed E-state index contributed by atoms with van der Waals surface area (Å²) in [6.07, 6.45) is 4.77. The Bertz CT molecular complexity index is 425. The average molecular weight is 260 g/mol. The molecular formula is C16H24N2O. The summed E-state index contributed by atoms with van der Waals surface area (Å²) >= 11 is 0. The van der Waals surface area contributed by atoms with E-state index in [4.69, 9.17) is 0 Å². The Kier molecular flexibility index (Phi) is 4.97. The Morgan fingerprint density at radius 2 is 2.00 bits per heavy atom. The first-order valence-corrected chi connectivity index (χ1v) is 7.25. The van der Waals surface area contributed by atoms with Crippen LogP contribution < -0.4 is 10.6 Å². The third-order valence-corrected chi connectivity index (χ3v) is 3.94. The number of amides is 1. The number of nitrogens with one attached hydrogen (secondary N) is 2. The molecule has 0 aliphatic heterocycles. The molecule has 104 valence electrons. The Hall–Kier alpha value is -1.35. The molecule has 1 aliphatic carbocycles. The van der Waals surface area contributed by atoms with Crippen molar-refractivity contribution < 1.29 is 4.79 Å². The van der Waals surface area contributed by atoms with E-state index in [0.29, 0.717) is 12.6 Å². The van der Waals surface area contributed by atoms with Gasteiger partial charge in [-0.25, -0.2) is 0 Å². The average Bonchev–Trinajstić information content (AvgIpc) is 2.89. The summed E-state index contributed by atoms with van der Waals surface area (Å²) in [5.74, 6) is 0.118. The van der Waals surface area contributed by atoms with Crippen LogP contribution in [0.3, 0.4) is 0 Å². The minimum Gasteiger partial charge on any atom is -0.352 e. The molecule has 0 spiro atoms. The Morgan fingerprint density at radius 3 is 2.68 bits per heavy atom. The van der Waals surface area contributed by atoms with Crippen LogP contribution in [0.1, 0.15) is 49.8 Å². The first-order valence-electron chi connectivity index (χ1n) is 7.25. The fourth-order valence-corrected chi connectivity index (χ4v) is 2.78. The molecule has 2 rings (SSSR count). The predicted octanol–water partition coefficient (Wildman–Crippen LogP) is 2.70. The molecule has 2 N–H and O–H groups in total. The third-order valence-electron chi connectivity index (χ3n) is 3.94. The van der Waals surface area contributed by atoms with Crippen molar-refractivity contribution in [2.75, 3.05) is 6.54 Å². The summed E-state index contributed by atoms with van der Waals surface area (Å²) in [7, 11) is 0. The van der Waals surface area contributed by atoms with Gasteiger partial charge in [-0.1, -0.05) is 37.1 Å². The van der Waals surface area contributed by atoms with Crippen molar-refractivity contribution in [3.05, 3.63) is 35.4 Å². The normalized spacial score (nSPS) is 17.4. The van der Waals surface area contributed by atoms with Crippen LogP contribution in [0.2, 0.25) is 0 Å². The van der Waals surface area contributed by atoms with Gasteiger partial charge >= 0.3 is 0 Å². The topological polar surface area (TPSA) is 41.1 Å². The van der Waals surface area contributed by atoms with Crippen LogP contribution in [0.4, 0.5) is 0 Å². The highest BCUT2D eigenvalue weighted by Gasteiger charge is 2.17. The van der Waals surface area contributed by atoms with Gasteiger partial charge in [-0.3, -0.25) is 4.79 Å². The van der Waals surface area contributed by atoms with Crippen molar-refractivity contribution in [2.45, 2.75) is 51.6 Å². The number of hydrogen-bond donors (Lipinski definition) is 2. The molecule has 1 aliphatic rings. The molecular weight excluding hydrogens is 236 g/mol. The van der Waals surface area contributed by atoms with Gasteiger partial charge in [-0.05, 0) is 37.8 Å². The lowest BCUT2D eigenvalue weighted by Crippen LogP contribution is -2.39. The molecule has 1 atom stereocenters. The molecule has 0 bridgehead atoms. The van der Waals surface area contributed by atoms with Gasteiger partial charge in [0.05, 0.1) is 6.54 Å². The lowest BCUT2D eigenvalue weighted by atomic mass is 10.0. The number of carbonyl (C=O) groups excluding carboxylic acids is 1. The van der Waals surface area contributed by atoms with Gasteiger partial charge in [0.25, 0.3) is 0 Å². The van der Waals surface area contributed by atoms with Gasteiger partial charge in [-0.2, -0.15) is 0 Å². The number of hydrogen-bond acceptors (Lipinski definition) is 2. The van der Waals surface area contributed by atoms with E-state index < -0.39 is 0 Å². The van der Waals surface area contributed by atoms with Crippen LogP contribution in [0.5, 0.6) is 0 Å². The van der Waals surface area contributed by atoms with Gasteiger partial charge in [0.1, 0.15) is 0 Å². The van der Waals surface area contributed by atoms with Crippen molar-refractivity contribution in [1.29, 1.82) is 0 Å². The van der Waals surface area contributed by atoms with Crippen LogP contribution in [0.15, 0.2) is 24.3 Å². The molecule has 3 heteroatoms. The monoisotopic (exact) mass is 260 g/mol. The van der Waals surface area contributed by atoms with Crippen LogP contribution in [-0.2, 0) is 4.79 Å². The van der Waals surface area contributed by atoms with Crippen molar-refractivity contribution in [3.63, 3.8) is 0 Å². The smallest absolute Gasteiger partial charge is 0.234 e. The van der Waals surface area contributed by atoms with E-state index in [1.807, 2.05) is 12.1 Å². The Labute approximate surface area is 115 Å². The van der Waals surface area contributed by atoms with Crippen LogP contribution in [-0.4, -0.2) is 18.5 Å². The second-order valence-electron chi connectivity index (χ2n) is 5.51. The van der Waals surface area contributed by atoms with Gasteiger partial charge < -0.3 is 10.6 Å². The molecule has 0 aromatic heterocycles. The number of rotatable bonds is 5. The van der Waals surface area contributed by atoms with Crippen molar-refractivity contribution >= 4 is 5.91 Å². The fraction of sp³-hybridized carbons (Fsp3) is 0.562. The highest BCUT2D eigenvalue weighted by Crippen LogP contribution is 2.18. The van der Waals surface area contributed by atoms with E-state index in [-0.39, 0.29) is 11.9 Å². The zero-order valence-electron chi connectivity index (χ0n) is 11.9. The minimum atomic E-state index is 0.118. The molecule has 1 saturated carbocycles. The van der Waals surface area contributed by atoms with Crippen LogP contribution >= 0.6 is 0 Å². The molecule has 0 saturated heterocycles. The molecule has 1 aromatic carbocycles. The quantitative estimate of drug-likeness (QED) is 0.854. The zero-order valence-corrected chi connectivity index (χ0v) is 11.9. The summed E-state index contributed by atoms with van der Waals surface area (Å²) in [4.78, 5) is 11.8. The first-order chi connectivity index (χ1) is 9.16. The molecule has 3 nitrogen and oxygen atoms in total. The molecule has 0 radical (unpaired) electrons. The van der Waals surface area contributed by atoms with E-state index in [1.165, 1.54) is 24.0 Å². The molecule has 1 amide bonds. The van der Waals surface area contributed by atoms with E-state index in [0.717, 1.165) is 12.8 Å². The zero-order chi connectivity index (χ0) is 13.7. The van der Waals surface area contributed by atoms with Crippen LogP contribution in [0.25, 0.3) is 0 Å². The Balaban J connectivity index is 1.78. The van der Waals surface area contributed by atoms with Gasteiger partial charge in [0.2, 0.25) is 5.91 Å². The molecule has 1 aromatic rings. The SMILES string of the molecule is Cc1ccccc1C(C)NCC(=O)NC1CCCC1. The summed E-state index contributed by atoms with van der Waals surface area (Å²) in [6, 6.07) is 8.91. The van der Waals surface area contributed by atoms with Gasteiger partial charge in [-0.15, -0.1) is 0 Å². The minimum absolute atomic E-state index is 0.118. The van der Waals surface area contributed by atoms with Crippen molar-refractivity contribution in [1.82, 2.24) is 10.6 Å². The first kappa shape index (κ1) is 14.1. The predicted molar refractivity (Wildman–Crippen MR) is 78.0 cm³/mol. The highest BCUT2D eigenvalue weighted by atomic mass is 16.1. The molecule has 0 heterocycles. The Morgan fingerprint density at radius 1 is 1.32 bits per heavy atom. The van der Waals surface area contributed by atoms with E-state index in [1.54, 1.807) is 0 Å². The molecule has 1 fully saturated rings. The third kappa shape index (κ3) is 4.06. The van der Waals surface area contributed by atoms with E-state index in [9.17, 15) is 4.79 Å². The lowest BCUT2D eigenvalue weighted by molar-refractivity contribution is -0.121. The van der Waals surface area contributed by atoms with E-state index >= 15 is 0 Å². The standard InChI is InChI=1S/C16H24N2O/c1-12-7-3-6-10-15(12)13(2)17-11-16(19)18-14-8-4-5-9-14/h3,6-7,10,13-14,17H,4-5,8-9,11H2,1-2H3,(H,18,19). The largest absolute Gasteiger partial charge is 0.352 e. The molecule has 19 heavy (non-hydrogen) atoms. The van der Waals surface area contributed by atoms with Crippen molar-refractivity contribution in [2.24, 2.45) is 0 Å². The maximum Gasteiger partial charge on any atom is 0.234 e. The summed E-state index contributed by atoms with van der Waals surface area (Å²) in [5, 5.41) is 6.40. The summed E-state index contributed by atoms with van der Waals surface area (Å²) in [6.45, 7) is 4.60. The summed E-state index contributed by atoms with van der Waals surface area (Å²) < 4.78 is 0.